The van der Waals surface area contributed by atoms with E-state index in [9.17, 15) is 9.59 Å². The lowest BCUT2D eigenvalue weighted by molar-refractivity contribution is -0.116. The van der Waals surface area contributed by atoms with Crippen molar-refractivity contribution in [3.8, 4) is 17.2 Å². The second-order valence-electron chi connectivity index (χ2n) is 8.92. The lowest BCUT2D eigenvalue weighted by atomic mass is 10.1. The predicted octanol–water partition coefficient (Wildman–Crippen LogP) is 3.16. The highest BCUT2D eigenvalue weighted by Gasteiger charge is 2.16. The maximum absolute atomic E-state index is 13.3. The molecule has 2 amide bonds. The van der Waals surface area contributed by atoms with Gasteiger partial charge in [-0.3, -0.25) is 19.6 Å². The first-order valence-electron chi connectivity index (χ1n) is 13.1. The van der Waals surface area contributed by atoms with Gasteiger partial charge in [-0.25, -0.2) is 0 Å². The molecule has 216 valence electrons. The van der Waals surface area contributed by atoms with Crippen molar-refractivity contribution in [3.05, 3.63) is 78.4 Å². The highest BCUT2D eigenvalue weighted by molar-refractivity contribution is 6.10. The van der Waals surface area contributed by atoms with Gasteiger partial charge < -0.3 is 43.0 Å². The molecule has 0 fully saturated rings. The third-order valence-corrected chi connectivity index (χ3v) is 5.57. The number of hydrogen-bond acceptors (Lipinski definition) is 6. The van der Waals surface area contributed by atoms with Crippen molar-refractivity contribution in [2.24, 2.45) is 32.9 Å². The summed E-state index contributed by atoms with van der Waals surface area (Å²) in [6, 6.07) is 21.2. The summed E-state index contributed by atoms with van der Waals surface area (Å²) in [6.45, 7) is 1.19. The Morgan fingerprint density at radius 2 is 1.34 bits per heavy atom. The number of guanidine groups is 2. The zero-order valence-corrected chi connectivity index (χ0v) is 22.7. The minimum atomic E-state index is -0.421. The summed E-state index contributed by atoms with van der Waals surface area (Å²) in [4.78, 5) is 33.8. The number of rotatable bonds is 15. The van der Waals surface area contributed by atoms with E-state index in [-0.39, 0.29) is 29.8 Å². The van der Waals surface area contributed by atoms with Crippen LogP contribution >= 0.6 is 0 Å². The molecule has 0 aromatic heterocycles. The van der Waals surface area contributed by atoms with Crippen LogP contribution in [0.5, 0.6) is 17.2 Å². The molecule has 0 heterocycles. The lowest BCUT2D eigenvalue weighted by Crippen LogP contribution is -2.23. The summed E-state index contributed by atoms with van der Waals surface area (Å²) in [7, 11) is 0. The van der Waals surface area contributed by atoms with Gasteiger partial charge in [-0.2, -0.15) is 0 Å². The molecule has 0 unspecified atom stereocenters. The molecule has 41 heavy (non-hydrogen) atoms. The number of carbonyl (C=O) groups is 2. The van der Waals surface area contributed by atoms with Crippen molar-refractivity contribution in [1.82, 2.24) is 0 Å². The highest BCUT2D eigenvalue weighted by Crippen LogP contribution is 2.26. The lowest BCUT2D eigenvalue weighted by Gasteiger charge is -2.14. The molecule has 3 aromatic rings. The molecule has 0 saturated heterocycles. The van der Waals surface area contributed by atoms with Crippen LogP contribution in [0.1, 0.15) is 36.0 Å². The molecule has 0 spiro atoms. The maximum Gasteiger partial charge on any atom is 0.257 e. The van der Waals surface area contributed by atoms with Crippen LogP contribution in [0.15, 0.2) is 82.8 Å². The fourth-order valence-corrected chi connectivity index (χ4v) is 3.62. The zero-order valence-electron chi connectivity index (χ0n) is 22.7. The molecule has 0 aliphatic heterocycles. The Labute approximate surface area is 238 Å². The average molecular weight is 561 g/mol. The smallest absolute Gasteiger partial charge is 0.257 e. The second kappa shape index (κ2) is 16.0. The number of nitrogens with one attached hydrogen (secondary N) is 2. The summed E-state index contributed by atoms with van der Waals surface area (Å²) in [5.41, 5.74) is 22.5. The Bertz CT molecular complexity index is 1340. The van der Waals surface area contributed by atoms with E-state index < -0.39 is 5.91 Å². The molecule has 12 heteroatoms. The monoisotopic (exact) mass is 560 g/mol. The summed E-state index contributed by atoms with van der Waals surface area (Å²) in [5, 5.41) is 5.69. The third kappa shape index (κ3) is 11.2. The van der Waals surface area contributed by atoms with Crippen LogP contribution < -0.4 is 43.0 Å². The largest absolute Gasteiger partial charge is 0.494 e. The van der Waals surface area contributed by atoms with Crippen LogP contribution in [-0.2, 0) is 4.79 Å². The molecule has 10 N–H and O–H groups in total. The van der Waals surface area contributed by atoms with Crippen LogP contribution in [0.2, 0.25) is 0 Å². The predicted molar refractivity (Wildman–Crippen MR) is 161 cm³/mol. The molecule has 0 aliphatic carbocycles. The SMILES string of the molecule is NC(N)=NCCCCC(=O)Nc1ccc(OCCCN=C(N)N)cc1C(=O)Nc1ccc(Oc2ccccc2)cc1. The molecule has 3 aromatic carbocycles. The van der Waals surface area contributed by atoms with Gasteiger partial charge in [-0.05, 0) is 67.4 Å². The van der Waals surface area contributed by atoms with Crippen molar-refractivity contribution in [3.63, 3.8) is 0 Å². The van der Waals surface area contributed by atoms with Crippen LogP contribution in [0.4, 0.5) is 11.4 Å². The number of unbranched alkanes of at least 4 members (excludes halogenated alkanes) is 1. The topological polar surface area (TPSA) is 205 Å². The summed E-state index contributed by atoms with van der Waals surface area (Å²) >= 11 is 0. The van der Waals surface area contributed by atoms with Gasteiger partial charge in [0.25, 0.3) is 5.91 Å². The van der Waals surface area contributed by atoms with E-state index in [0.717, 1.165) is 0 Å². The number of para-hydroxylation sites is 1. The number of nitrogens with zero attached hydrogens (tertiary/aromatic N) is 2. The first-order chi connectivity index (χ1) is 19.8. The van der Waals surface area contributed by atoms with E-state index in [4.69, 9.17) is 32.4 Å². The van der Waals surface area contributed by atoms with E-state index >= 15 is 0 Å². The Balaban J connectivity index is 1.68. The van der Waals surface area contributed by atoms with Gasteiger partial charge in [0.1, 0.15) is 17.2 Å². The van der Waals surface area contributed by atoms with Crippen LogP contribution in [0.25, 0.3) is 0 Å². The summed E-state index contributed by atoms with van der Waals surface area (Å²) < 4.78 is 11.6. The number of aliphatic imine (C=N–C) groups is 2. The van der Waals surface area contributed by atoms with Gasteiger partial charge in [-0.1, -0.05) is 18.2 Å². The Morgan fingerprint density at radius 1 is 0.707 bits per heavy atom. The number of amides is 2. The van der Waals surface area contributed by atoms with Crippen molar-refractivity contribution in [2.45, 2.75) is 25.7 Å². The van der Waals surface area contributed by atoms with Gasteiger partial charge in [0.15, 0.2) is 11.9 Å². The number of carbonyl (C=O) groups excluding carboxylic acids is 2. The fourth-order valence-electron chi connectivity index (χ4n) is 3.62. The first-order valence-corrected chi connectivity index (χ1v) is 13.1. The Hall–Kier alpha value is -5.26. The molecule has 0 bridgehead atoms. The molecule has 0 aliphatic rings. The number of anilines is 2. The minimum Gasteiger partial charge on any atom is -0.494 e. The van der Waals surface area contributed by atoms with E-state index in [0.29, 0.717) is 67.6 Å². The molecular weight excluding hydrogens is 524 g/mol. The number of nitrogens with two attached hydrogens (primary N) is 4. The molecule has 3 rings (SSSR count). The molecular formula is C29H36N8O4. The highest BCUT2D eigenvalue weighted by atomic mass is 16.5. The zero-order chi connectivity index (χ0) is 29.5. The summed E-state index contributed by atoms with van der Waals surface area (Å²) in [5.74, 6) is 1.16. The van der Waals surface area contributed by atoms with Crippen molar-refractivity contribution in [2.75, 3.05) is 30.3 Å². The Kier molecular flexibility index (Phi) is 11.8. The molecule has 0 radical (unpaired) electrons. The van der Waals surface area contributed by atoms with Crippen LogP contribution in [-0.4, -0.2) is 43.4 Å². The van der Waals surface area contributed by atoms with Crippen molar-refractivity contribution in [1.29, 1.82) is 0 Å². The minimum absolute atomic E-state index is 0.0138. The van der Waals surface area contributed by atoms with Crippen molar-refractivity contribution >= 4 is 35.1 Å². The standard InChI is InChI=1S/C29H36N8O4/c30-28(31)34-16-5-4-9-26(38)37-25-15-14-23(40-18-6-17-35-29(32)33)19-24(25)27(39)36-20-10-12-22(13-11-20)41-21-7-2-1-3-8-21/h1-3,7-8,10-15,19H,4-6,9,16-18H2,(H,36,39)(H,37,38)(H4,30,31,34)(H4,32,33,35). The third-order valence-electron chi connectivity index (χ3n) is 5.57. The number of hydrogen-bond donors (Lipinski definition) is 6. The Morgan fingerprint density at radius 3 is 2.02 bits per heavy atom. The normalized spacial score (nSPS) is 10.2. The summed E-state index contributed by atoms with van der Waals surface area (Å²) in [6.07, 6.45) is 2.05. The van der Waals surface area contributed by atoms with Gasteiger partial charge in [-0.15, -0.1) is 0 Å². The first kappa shape index (κ1) is 30.3. The molecule has 0 atom stereocenters. The second-order valence-corrected chi connectivity index (χ2v) is 8.92. The van der Waals surface area contributed by atoms with E-state index in [1.807, 2.05) is 30.3 Å². The van der Waals surface area contributed by atoms with Gasteiger partial charge in [0.05, 0.1) is 17.9 Å². The fraction of sp³-hybridized carbons (Fsp3) is 0.241. The van der Waals surface area contributed by atoms with Gasteiger partial charge in [0, 0.05) is 31.6 Å². The van der Waals surface area contributed by atoms with Gasteiger partial charge >= 0.3 is 0 Å². The van der Waals surface area contributed by atoms with Crippen LogP contribution in [0.3, 0.4) is 0 Å². The number of benzene rings is 3. The van der Waals surface area contributed by atoms with Crippen molar-refractivity contribution < 1.29 is 19.1 Å². The molecule has 0 saturated carbocycles. The van der Waals surface area contributed by atoms with E-state index in [1.54, 1.807) is 42.5 Å². The van der Waals surface area contributed by atoms with E-state index in [2.05, 4.69) is 20.6 Å². The molecule has 12 nitrogen and oxygen atoms in total. The quantitative estimate of drug-likeness (QED) is 0.0922. The van der Waals surface area contributed by atoms with Crippen LogP contribution in [0, 0.1) is 0 Å². The van der Waals surface area contributed by atoms with E-state index in [1.165, 1.54) is 0 Å². The number of ether oxygens (including phenoxy) is 2. The van der Waals surface area contributed by atoms with Gasteiger partial charge in [0.2, 0.25) is 5.91 Å². The average Bonchev–Trinajstić information content (AvgIpc) is 2.94. The maximum atomic E-state index is 13.3.